The Morgan fingerprint density at radius 2 is 1.88 bits per heavy atom. The number of amides is 1. The Balaban J connectivity index is 1.72. The Bertz CT molecular complexity index is 716. The number of hydrogen-bond acceptors (Lipinski definition) is 4. The minimum atomic E-state index is -0.316. The molecule has 6 nitrogen and oxygen atoms in total. The van der Waals surface area contributed by atoms with E-state index >= 15 is 0 Å². The third kappa shape index (κ3) is 4.76. The van der Waals surface area contributed by atoms with E-state index in [-0.39, 0.29) is 23.2 Å². The van der Waals surface area contributed by atoms with Crippen molar-refractivity contribution in [2.45, 2.75) is 31.7 Å². The molecule has 132 valence electrons. The van der Waals surface area contributed by atoms with Gasteiger partial charge in [0.1, 0.15) is 5.69 Å². The average molecular weight is 340 g/mol. The molecule has 6 heteroatoms. The van der Waals surface area contributed by atoms with E-state index < -0.39 is 0 Å². The lowest BCUT2D eigenvalue weighted by Gasteiger charge is -2.31. The number of hydrogen-bond donors (Lipinski definition) is 2. The van der Waals surface area contributed by atoms with Gasteiger partial charge in [-0.1, -0.05) is 43.2 Å². The van der Waals surface area contributed by atoms with Gasteiger partial charge in [-0.15, -0.1) is 0 Å². The zero-order chi connectivity index (χ0) is 17.5. The first-order chi connectivity index (χ1) is 12.2. The maximum atomic E-state index is 12.3. The molecule has 1 amide bonds. The minimum Gasteiger partial charge on any atom is -0.349 e. The summed E-state index contributed by atoms with van der Waals surface area (Å²) in [5, 5.41) is 2.97. The van der Waals surface area contributed by atoms with E-state index in [4.69, 9.17) is 0 Å². The zero-order valence-corrected chi connectivity index (χ0v) is 14.3. The molecular weight excluding hydrogens is 316 g/mol. The summed E-state index contributed by atoms with van der Waals surface area (Å²) in [5.41, 5.74) is 1.12. The van der Waals surface area contributed by atoms with Gasteiger partial charge in [0.05, 0.1) is 12.2 Å². The van der Waals surface area contributed by atoms with Crippen molar-refractivity contribution in [3.05, 3.63) is 64.3 Å². The maximum Gasteiger partial charge on any atom is 0.271 e. The van der Waals surface area contributed by atoms with E-state index in [2.05, 4.69) is 32.3 Å². The second-order valence-electron chi connectivity index (χ2n) is 6.38. The first-order valence-corrected chi connectivity index (χ1v) is 8.86. The van der Waals surface area contributed by atoms with Crippen molar-refractivity contribution in [2.24, 2.45) is 0 Å². The molecule has 0 radical (unpaired) electrons. The molecule has 1 atom stereocenters. The number of nitrogens with zero attached hydrogens (tertiary/aromatic N) is 2. The van der Waals surface area contributed by atoms with E-state index in [1.54, 1.807) is 0 Å². The highest BCUT2D eigenvalue weighted by Crippen LogP contribution is 2.23. The third-order valence-electron chi connectivity index (χ3n) is 4.63. The van der Waals surface area contributed by atoms with Crippen LogP contribution in [0.1, 0.15) is 47.8 Å². The normalized spacial score (nSPS) is 16.8. The molecule has 0 bridgehead atoms. The van der Waals surface area contributed by atoms with Crippen molar-refractivity contribution in [2.75, 3.05) is 19.6 Å². The Kier molecular flexibility index (Phi) is 5.95. The fraction of sp³-hybridized carbons (Fsp3) is 0.421. The van der Waals surface area contributed by atoms with Crippen LogP contribution >= 0.6 is 0 Å². The second kappa shape index (κ2) is 8.58. The lowest BCUT2D eigenvalue weighted by molar-refractivity contribution is 0.0927. The molecule has 2 N–H and O–H groups in total. The molecule has 0 spiro atoms. The van der Waals surface area contributed by atoms with Crippen LogP contribution in [0, 0.1) is 0 Å². The molecule has 0 saturated carbocycles. The standard InChI is InChI=1S/C19H24N4O2/c24-18-14-20-16(12-21-18)19(25)22-13-17(15-8-4-3-5-9-15)23-10-6-1-2-7-11-23/h3-5,8-9,12,14,17H,1-2,6-7,10-11,13H2,(H,21,24)(H,22,25)/t17-/m1/s1. The van der Waals surface area contributed by atoms with Gasteiger partial charge in [0.2, 0.25) is 0 Å². The fourth-order valence-corrected chi connectivity index (χ4v) is 3.29. The van der Waals surface area contributed by atoms with Gasteiger partial charge in [-0.05, 0) is 31.5 Å². The summed E-state index contributed by atoms with van der Waals surface area (Å²) in [6.07, 6.45) is 7.40. The number of likely N-dealkylation sites (tertiary alicyclic amines) is 1. The van der Waals surface area contributed by atoms with Gasteiger partial charge in [0.25, 0.3) is 11.5 Å². The number of aromatic nitrogens is 2. The molecule has 0 aliphatic carbocycles. The van der Waals surface area contributed by atoms with Crippen LogP contribution in [-0.2, 0) is 0 Å². The highest BCUT2D eigenvalue weighted by atomic mass is 16.2. The van der Waals surface area contributed by atoms with E-state index in [0.717, 1.165) is 19.3 Å². The fourth-order valence-electron chi connectivity index (χ4n) is 3.29. The zero-order valence-electron chi connectivity index (χ0n) is 14.3. The SMILES string of the molecule is O=C(NC[C@H](c1ccccc1)N1CCCCCC1)c1c[nH]c(=O)cn1. The number of carbonyl (C=O) groups is 1. The molecule has 1 aliphatic heterocycles. The van der Waals surface area contributed by atoms with E-state index in [1.807, 2.05) is 18.2 Å². The number of H-pyrrole nitrogens is 1. The third-order valence-corrected chi connectivity index (χ3v) is 4.63. The number of aromatic amines is 1. The van der Waals surface area contributed by atoms with Gasteiger partial charge in [-0.3, -0.25) is 14.5 Å². The first kappa shape index (κ1) is 17.4. The van der Waals surface area contributed by atoms with E-state index in [1.165, 1.54) is 37.4 Å². The number of carbonyl (C=O) groups excluding carboxylic acids is 1. The Labute approximate surface area is 147 Å². The van der Waals surface area contributed by atoms with Crippen LogP contribution < -0.4 is 10.9 Å². The maximum absolute atomic E-state index is 12.3. The van der Waals surface area contributed by atoms with Crippen molar-refractivity contribution >= 4 is 5.91 Å². The molecule has 1 saturated heterocycles. The lowest BCUT2D eigenvalue weighted by atomic mass is 10.0. The van der Waals surface area contributed by atoms with Gasteiger partial charge in [0, 0.05) is 12.7 Å². The van der Waals surface area contributed by atoms with Crippen LogP contribution in [-0.4, -0.2) is 40.4 Å². The van der Waals surface area contributed by atoms with Gasteiger partial charge >= 0.3 is 0 Å². The largest absolute Gasteiger partial charge is 0.349 e. The second-order valence-corrected chi connectivity index (χ2v) is 6.38. The van der Waals surface area contributed by atoms with Gasteiger partial charge < -0.3 is 10.3 Å². The topological polar surface area (TPSA) is 78.1 Å². The molecule has 1 aromatic heterocycles. The van der Waals surface area contributed by atoms with Crippen molar-refractivity contribution in [1.29, 1.82) is 0 Å². The average Bonchev–Trinajstić information content (AvgIpc) is 2.93. The van der Waals surface area contributed by atoms with Gasteiger partial charge in [-0.2, -0.15) is 0 Å². The highest BCUT2D eigenvalue weighted by molar-refractivity contribution is 5.91. The molecule has 1 aromatic carbocycles. The smallest absolute Gasteiger partial charge is 0.271 e. The van der Waals surface area contributed by atoms with E-state index in [9.17, 15) is 9.59 Å². The predicted molar refractivity (Wildman–Crippen MR) is 96.4 cm³/mol. The first-order valence-electron chi connectivity index (χ1n) is 8.86. The quantitative estimate of drug-likeness (QED) is 0.874. The summed E-state index contributed by atoms with van der Waals surface area (Å²) in [4.78, 5) is 32.2. The summed E-state index contributed by atoms with van der Waals surface area (Å²) < 4.78 is 0. The molecule has 2 aromatic rings. The summed E-state index contributed by atoms with van der Waals surface area (Å²) in [7, 11) is 0. The van der Waals surface area contributed by atoms with Crippen LogP contribution in [0.2, 0.25) is 0 Å². The summed E-state index contributed by atoms with van der Waals surface area (Å²) >= 11 is 0. The molecule has 3 rings (SSSR count). The Morgan fingerprint density at radius 1 is 1.16 bits per heavy atom. The molecule has 25 heavy (non-hydrogen) atoms. The molecule has 1 fully saturated rings. The van der Waals surface area contributed by atoms with Crippen molar-refractivity contribution in [3.63, 3.8) is 0 Å². The van der Waals surface area contributed by atoms with Gasteiger partial charge in [-0.25, -0.2) is 4.98 Å². The molecule has 2 heterocycles. The molecule has 1 aliphatic rings. The minimum absolute atomic E-state index is 0.144. The number of nitrogens with one attached hydrogen (secondary N) is 2. The van der Waals surface area contributed by atoms with Crippen molar-refractivity contribution < 1.29 is 4.79 Å². The predicted octanol–water partition coefficient (Wildman–Crippen LogP) is 2.12. The van der Waals surface area contributed by atoms with Crippen LogP contribution in [0.4, 0.5) is 0 Å². The Hall–Kier alpha value is -2.47. The van der Waals surface area contributed by atoms with Crippen molar-refractivity contribution in [3.8, 4) is 0 Å². The molecular formula is C19H24N4O2. The molecule has 0 unspecified atom stereocenters. The van der Waals surface area contributed by atoms with Crippen LogP contribution in [0.3, 0.4) is 0 Å². The summed E-state index contributed by atoms with van der Waals surface area (Å²) in [6, 6.07) is 10.4. The van der Waals surface area contributed by atoms with Gasteiger partial charge in [0.15, 0.2) is 0 Å². The Morgan fingerprint density at radius 3 is 2.52 bits per heavy atom. The van der Waals surface area contributed by atoms with Crippen molar-refractivity contribution in [1.82, 2.24) is 20.2 Å². The van der Waals surface area contributed by atoms with Crippen LogP contribution in [0.5, 0.6) is 0 Å². The highest BCUT2D eigenvalue weighted by Gasteiger charge is 2.22. The van der Waals surface area contributed by atoms with E-state index in [0.29, 0.717) is 6.54 Å². The van der Waals surface area contributed by atoms with Crippen LogP contribution in [0.15, 0.2) is 47.5 Å². The van der Waals surface area contributed by atoms with Crippen LogP contribution in [0.25, 0.3) is 0 Å². The lowest BCUT2D eigenvalue weighted by Crippen LogP contribution is -2.39. The number of rotatable bonds is 5. The monoisotopic (exact) mass is 340 g/mol. The summed E-state index contributed by atoms with van der Waals surface area (Å²) in [6.45, 7) is 2.61. The summed E-state index contributed by atoms with van der Waals surface area (Å²) in [5.74, 6) is -0.271. The number of benzene rings is 1.